The molecule has 0 radical (unpaired) electrons. The Hall–Kier alpha value is -1.34. The summed E-state index contributed by atoms with van der Waals surface area (Å²) in [6.07, 6.45) is 3.15. The van der Waals surface area contributed by atoms with Crippen LogP contribution in [-0.2, 0) is 10.0 Å². The molecule has 2 aliphatic heterocycles. The van der Waals surface area contributed by atoms with E-state index >= 15 is 0 Å². The smallest absolute Gasteiger partial charge is 0.237 e. The largest absolute Gasteiger partial charge is 0.382 e. The van der Waals surface area contributed by atoms with Gasteiger partial charge in [-0.05, 0) is 12.5 Å². The van der Waals surface area contributed by atoms with Crippen LogP contribution in [0.15, 0.2) is 28.2 Å². The average Bonchev–Trinajstić information content (AvgIpc) is 2.31. The fourth-order valence-electron chi connectivity index (χ4n) is 1.55. The summed E-state index contributed by atoms with van der Waals surface area (Å²) in [5.74, 6) is 0.0515. The van der Waals surface area contributed by atoms with E-state index in [1.165, 1.54) is 6.21 Å². The van der Waals surface area contributed by atoms with E-state index in [0.717, 1.165) is 0 Å². The molecule has 0 aromatic carbocycles. The Morgan fingerprint density at radius 2 is 2.27 bits per heavy atom. The average molecular weight is 228 g/mol. The maximum Gasteiger partial charge on any atom is 0.237 e. The van der Waals surface area contributed by atoms with Crippen molar-refractivity contribution in [3.05, 3.63) is 23.2 Å². The lowest BCUT2D eigenvalue weighted by atomic mass is 10.0. The number of allylic oxidation sites excluding steroid dienone is 1. The molecule has 2 rings (SSSR count). The van der Waals surface area contributed by atoms with Crippen LogP contribution < -0.4 is 16.2 Å². The fourth-order valence-corrected chi connectivity index (χ4v) is 2.81. The number of sulfonamides is 1. The zero-order chi connectivity index (χ0) is 11.3. The third kappa shape index (κ3) is 1.88. The Morgan fingerprint density at radius 3 is 2.93 bits per heavy atom. The Bertz CT molecular complexity index is 499. The summed E-state index contributed by atoms with van der Waals surface area (Å²) in [7, 11) is -3.31. The summed E-state index contributed by atoms with van der Waals surface area (Å²) in [5.41, 5.74) is 11.6. The zero-order valence-electron chi connectivity index (χ0n) is 8.19. The van der Waals surface area contributed by atoms with Gasteiger partial charge in [-0.1, -0.05) is 6.08 Å². The molecule has 0 aliphatic carbocycles. The van der Waals surface area contributed by atoms with Gasteiger partial charge in [0.2, 0.25) is 10.0 Å². The first-order valence-corrected chi connectivity index (χ1v) is 6.01. The summed E-state index contributed by atoms with van der Waals surface area (Å²) >= 11 is 0. The van der Waals surface area contributed by atoms with Crippen molar-refractivity contribution in [2.75, 3.05) is 5.75 Å². The molecule has 0 amide bonds. The van der Waals surface area contributed by atoms with Crippen molar-refractivity contribution in [3.63, 3.8) is 0 Å². The summed E-state index contributed by atoms with van der Waals surface area (Å²) in [6, 6.07) is 0. The van der Waals surface area contributed by atoms with Crippen molar-refractivity contribution in [1.82, 2.24) is 4.72 Å². The molecule has 15 heavy (non-hydrogen) atoms. The van der Waals surface area contributed by atoms with E-state index in [0.29, 0.717) is 11.3 Å². The highest BCUT2D eigenvalue weighted by molar-refractivity contribution is 7.90. The molecular weight excluding hydrogens is 216 g/mol. The molecule has 1 unspecified atom stereocenters. The number of aliphatic imine (C=N–C) groups is 1. The normalized spacial score (nSPS) is 33.1. The predicted molar refractivity (Wildman–Crippen MR) is 57.3 cm³/mol. The van der Waals surface area contributed by atoms with Crippen LogP contribution in [0, 0.1) is 0 Å². The Morgan fingerprint density at radius 1 is 1.60 bits per heavy atom. The highest BCUT2D eigenvalue weighted by Crippen LogP contribution is 2.24. The van der Waals surface area contributed by atoms with Gasteiger partial charge in [-0.15, -0.1) is 0 Å². The van der Waals surface area contributed by atoms with Crippen molar-refractivity contribution in [1.29, 1.82) is 0 Å². The Labute approximate surface area is 87.8 Å². The standard InChI is InChI=1S/C8H12N4O2S/c1-8(10)2-5-3-15(13,14)12-6(5)7(9)11-4-8/h2,4,12H,3,9-10H2,1H3. The van der Waals surface area contributed by atoms with E-state index in [1.54, 1.807) is 13.0 Å². The summed E-state index contributed by atoms with van der Waals surface area (Å²) in [5, 5.41) is 0. The van der Waals surface area contributed by atoms with Crippen LogP contribution in [-0.4, -0.2) is 25.9 Å². The van der Waals surface area contributed by atoms with Gasteiger partial charge in [0.1, 0.15) is 5.82 Å². The predicted octanol–water partition coefficient (Wildman–Crippen LogP) is -1.22. The SMILES string of the molecule is CC1(N)C=NC(N)=C2NS(=O)(=O)CC2=C1. The van der Waals surface area contributed by atoms with Crippen LogP contribution in [0.3, 0.4) is 0 Å². The second-order valence-corrected chi connectivity index (χ2v) is 5.64. The van der Waals surface area contributed by atoms with Gasteiger partial charge in [0.25, 0.3) is 0 Å². The first kappa shape index (κ1) is 10.2. The summed E-state index contributed by atoms with van der Waals surface area (Å²) in [4.78, 5) is 3.91. The zero-order valence-corrected chi connectivity index (χ0v) is 9.00. The Balaban J connectivity index is 2.59. The molecule has 0 bridgehead atoms. The van der Waals surface area contributed by atoms with Crippen molar-refractivity contribution >= 4 is 16.2 Å². The van der Waals surface area contributed by atoms with Gasteiger partial charge < -0.3 is 11.5 Å². The van der Waals surface area contributed by atoms with E-state index in [4.69, 9.17) is 11.5 Å². The maximum absolute atomic E-state index is 11.3. The lowest BCUT2D eigenvalue weighted by Crippen LogP contribution is -2.35. The van der Waals surface area contributed by atoms with E-state index in [2.05, 4.69) is 9.71 Å². The van der Waals surface area contributed by atoms with Crippen LogP contribution in [0.4, 0.5) is 0 Å². The van der Waals surface area contributed by atoms with Crippen LogP contribution in [0.25, 0.3) is 0 Å². The molecule has 0 aromatic rings. The Kier molecular flexibility index (Phi) is 1.92. The molecule has 2 aliphatic rings. The van der Waals surface area contributed by atoms with Gasteiger partial charge in [-0.3, -0.25) is 4.72 Å². The van der Waals surface area contributed by atoms with Crippen LogP contribution >= 0.6 is 0 Å². The van der Waals surface area contributed by atoms with Gasteiger partial charge >= 0.3 is 0 Å². The fraction of sp³-hybridized carbons (Fsp3) is 0.375. The van der Waals surface area contributed by atoms with Crippen LogP contribution in [0.1, 0.15) is 6.92 Å². The summed E-state index contributed by atoms with van der Waals surface area (Å²) < 4.78 is 25.0. The van der Waals surface area contributed by atoms with E-state index in [-0.39, 0.29) is 11.6 Å². The van der Waals surface area contributed by atoms with E-state index in [9.17, 15) is 8.42 Å². The van der Waals surface area contributed by atoms with Gasteiger partial charge in [0.05, 0.1) is 17.0 Å². The molecule has 2 heterocycles. The topological polar surface area (TPSA) is 111 Å². The van der Waals surface area contributed by atoms with Crippen molar-refractivity contribution in [3.8, 4) is 0 Å². The molecular formula is C8H12N4O2S. The molecule has 1 saturated heterocycles. The van der Waals surface area contributed by atoms with Crippen molar-refractivity contribution < 1.29 is 8.42 Å². The number of nitrogens with zero attached hydrogens (tertiary/aromatic N) is 1. The van der Waals surface area contributed by atoms with Crippen molar-refractivity contribution in [2.45, 2.75) is 12.5 Å². The molecule has 0 saturated carbocycles. The second-order valence-electron chi connectivity index (χ2n) is 3.92. The van der Waals surface area contributed by atoms with Crippen LogP contribution in [0.5, 0.6) is 0 Å². The first-order chi connectivity index (χ1) is 6.79. The minimum absolute atomic E-state index is 0.0980. The third-order valence-electron chi connectivity index (χ3n) is 2.15. The summed E-state index contributed by atoms with van der Waals surface area (Å²) in [6.45, 7) is 1.73. The van der Waals surface area contributed by atoms with E-state index in [1.807, 2.05) is 0 Å². The highest BCUT2D eigenvalue weighted by Gasteiger charge is 2.32. The molecule has 1 atom stereocenters. The van der Waals surface area contributed by atoms with Gasteiger partial charge in [0.15, 0.2) is 0 Å². The number of nitrogens with two attached hydrogens (primary N) is 2. The quantitative estimate of drug-likeness (QED) is 0.482. The first-order valence-electron chi connectivity index (χ1n) is 4.35. The minimum Gasteiger partial charge on any atom is -0.382 e. The molecule has 82 valence electrons. The third-order valence-corrected chi connectivity index (χ3v) is 3.35. The van der Waals surface area contributed by atoms with Gasteiger partial charge in [-0.2, -0.15) is 0 Å². The number of fused-ring (bicyclic) bond motifs is 1. The van der Waals surface area contributed by atoms with Crippen LogP contribution in [0.2, 0.25) is 0 Å². The molecule has 5 N–H and O–H groups in total. The number of hydrogen-bond donors (Lipinski definition) is 3. The van der Waals surface area contributed by atoms with Gasteiger partial charge in [0, 0.05) is 6.21 Å². The molecule has 0 aromatic heterocycles. The number of rotatable bonds is 0. The number of nitrogens with one attached hydrogen (secondary N) is 1. The molecule has 1 fully saturated rings. The number of hydrogen-bond acceptors (Lipinski definition) is 5. The van der Waals surface area contributed by atoms with E-state index < -0.39 is 15.6 Å². The molecule has 0 spiro atoms. The second kappa shape index (κ2) is 2.83. The van der Waals surface area contributed by atoms with Crippen molar-refractivity contribution in [2.24, 2.45) is 16.5 Å². The monoisotopic (exact) mass is 228 g/mol. The maximum atomic E-state index is 11.3. The molecule has 6 nitrogen and oxygen atoms in total. The van der Waals surface area contributed by atoms with Gasteiger partial charge in [-0.25, -0.2) is 13.4 Å². The molecule has 7 heteroatoms. The minimum atomic E-state index is -3.31. The highest BCUT2D eigenvalue weighted by atomic mass is 32.2. The lowest BCUT2D eigenvalue weighted by Gasteiger charge is -2.12. The lowest BCUT2D eigenvalue weighted by molar-refractivity contribution is 0.596.